The van der Waals surface area contributed by atoms with Crippen molar-refractivity contribution in [2.24, 2.45) is 11.8 Å². The Labute approximate surface area is 121 Å². The minimum absolute atomic E-state index is 0.264. The number of hydrogen-bond acceptors (Lipinski definition) is 4. The van der Waals surface area contributed by atoms with E-state index in [0.717, 1.165) is 25.7 Å². The Bertz CT molecular complexity index is 303. The van der Waals surface area contributed by atoms with Crippen LogP contribution in [0.4, 0.5) is 0 Å². The average Bonchev–Trinajstić information content (AvgIpc) is 2.47. The van der Waals surface area contributed by atoms with Gasteiger partial charge in [0.25, 0.3) is 0 Å². The Morgan fingerprint density at radius 2 is 1.30 bits per heavy atom. The van der Waals surface area contributed by atoms with Gasteiger partial charge >= 0.3 is 11.9 Å². The molecule has 0 fully saturated rings. The van der Waals surface area contributed by atoms with Crippen molar-refractivity contribution >= 4 is 11.9 Å². The molecule has 0 aromatic carbocycles. The van der Waals surface area contributed by atoms with Crippen molar-refractivity contribution in [3.8, 4) is 0 Å². The van der Waals surface area contributed by atoms with Crippen molar-refractivity contribution < 1.29 is 19.1 Å². The van der Waals surface area contributed by atoms with Gasteiger partial charge in [0.1, 0.15) is 0 Å². The van der Waals surface area contributed by atoms with E-state index in [1.54, 1.807) is 0 Å². The maximum absolute atomic E-state index is 12.1. The molecule has 0 aromatic rings. The lowest BCUT2D eigenvalue weighted by atomic mass is 9.83. The number of rotatable bonds is 8. The first-order valence-electron chi connectivity index (χ1n) is 7.69. The van der Waals surface area contributed by atoms with Crippen LogP contribution in [-0.4, -0.2) is 25.2 Å². The summed E-state index contributed by atoms with van der Waals surface area (Å²) in [5, 5.41) is 0. The summed E-state index contributed by atoms with van der Waals surface area (Å²) in [6, 6.07) is 0. The van der Waals surface area contributed by atoms with Crippen LogP contribution in [0.5, 0.6) is 0 Å². The molecule has 0 aromatic heterocycles. The van der Waals surface area contributed by atoms with Gasteiger partial charge in [-0.15, -0.1) is 0 Å². The zero-order valence-electron chi connectivity index (χ0n) is 12.6. The molecule has 1 rings (SSSR count). The standard InChI is InChI=1S/C16H26O4/c1-3-5-11-19-15(17)13-9-7-8-10-14(13)16(18)20-12-6-4-2/h7-8,13-14H,3-6,9-12H2,1-2H3/t13-,14-/m1/s1. The highest BCUT2D eigenvalue weighted by molar-refractivity contribution is 5.82. The number of ether oxygens (including phenoxy) is 2. The average molecular weight is 282 g/mol. The zero-order valence-corrected chi connectivity index (χ0v) is 12.6. The van der Waals surface area contributed by atoms with Crippen LogP contribution in [0.25, 0.3) is 0 Å². The molecule has 1 aliphatic rings. The molecule has 4 heteroatoms. The van der Waals surface area contributed by atoms with Crippen LogP contribution in [0.15, 0.2) is 12.2 Å². The van der Waals surface area contributed by atoms with Gasteiger partial charge in [0.2, 0.25) is 0 Å². The lowest BCUT2D eigenvalue weighted by molar-refractivity contribution is -0.161. The molecule has 2 atom stereocenters. The van der Waals surface area contributed by atoms with Crippen molar-refractivity contribution in [3.63, 3.8) is 0 Å². The fourth-order valence-corrected chi connectivity index (χ4v) is 2.18. The number of allylic oxidation sites excluding steroid dienone is 2. The van der Waals surface area contributed by atoms with E-state index < -0.39 is 0 Å². The highest BCUT2D eigenvalue weighted by atomic mass is 16.5. The Kier molecular flexibility index (Phi) is 8.00. The van der Waals surface area contributed by atoms with Gasteiger partial charge in [0.15, 0.2) is 0 Å². The van der Waals surface area contributed by atoms with E-state index in [2.05, 4.69) is 0 Å². The van der Waals surface area contributed by atoms with Gasteiger partial charge in [0.05, 0.1) is 25.0 Å². The Hall–Kier alpha value is -1.32. The monoisotopic (exact) mass is 282 g/mol. The lowest BCUT2D eigenvalue weighted by Crippen LogP contribution is -2.34. The van der Waals surface area contributed by atoms with Crippen LogP contribution in [0.2, 0.25) is 0 Å². The molecule has 1 aliphatic carbocycles. The predicted molar refractivity (Wildman–Crippen MR) is 77.1 cm³/mol. The Morgan fingerprint density at radius 3 is 1.65 bits per heavy atom. The van der Waals surface area contributed by atoms with E-state index in [4.69, 9.17) is 9.47 Å². The molecule has 0 radical (unpaired) electrons. The normalized spacial score (nSPS) is 21.5. The number of carbonyl (C=O) groups excluding carboxylic acids is 2. The smallest absolute Gasteiger partial charge is 0.310 e. The summed E-state index contributed by atoms with van der Waals surface area (Å²) in [6.07, 6.45) is 8.72. The van der Waals surface area contributed by atoms with E-state index >= 15 is 0 Å². The molecule has 114 valence electrons. The third kappa shape index (κ3) is 5.35. The van der Waals surface area contributed by atoms with Gasteiger partial charge in [-0.3, -0.25) is 9.59 Å². The molecule has 0 N–H and O–H groups in total. The summed E-state index contributed by atoms with van der Waals surface area (Å²) in [7, 11) is 0. The number of esters is 2. The molecule has 20 heavy (non-hydrogen) atoms. The number of hydrogen-bond donors (Lipinski definition) is 0. The van der Waals surface area contributed by atoms with Gasteiger partial charge in [-0.05, 0) is 25.7 Å². The van der Waals surface area contributed by atoms with Gasteiger partial charge in [-0.2, -0.15) is 0 Å². The highest BCUT2D eigenvalue weighted by Crippen LogP contribution is 2.28. The van der Waals surface area contributed by atoms with E-state index in [9.17, 15) is 9.59 Å². The van der Waals surface area contributed by atoms with Crippen molar-refractivity contribution in [2.45, 2.75) is 52.4 Å². The maximum atomic E-state index is 12.1. The molecule has 0 saturated carbocycles. The zero-order chi connectivity index (χ0) is 14.8. The van der Waals surface area contributed by atoms with Crippen molar-refractivity contribution in [3.05, 3.63) is 12.2 Å². The van der Waals surface area contributed by atoms with Gasteiger partial charge in [0, 0.05) is 0 Å². The van der Waals surface area contributed by atoms with E-state index in [-0.39, 0.29) is 23.8 Å². The van der Waals surface area contributed by atoms with Gasteiger partial charge in [-0.25, -0.2) is 0 Å². The van der Waals surface area contributed by atoms with E-state index in [0.29, 0.717) is 26.1 Å². The molecule has 0 aliphatic heterocycles. The van der Waals surface area contributed by atoms with E-state index in [1.165, 1.54) is 0 Å². The molecule has 0 saturated heterocycles. The molecule has 0 spiro atoms. The third-order valence-corrected chi connectivity index (χ3v) is 3.52. The summed E-state index contributed by atoms with van der Waals surface area (Å²) in [6.45, 7) is 4.97. The van der Waals surface area contributed by atoms with Crippen molar-refractivity contribution in [1.29, 1.82) is 0 Å². The lowest BCUT2D eigenvalue weighted by Gasteiger charge is -2.25. The summed E-state index contributed by atoms with van der Waals surface area (Å²) in [4.78, 5) is 24.1. The van der Waals surface area contributed by atoms with Gasteiger partial charge in [-0.1, -0.05) is 38.8 Å². The fourth-order valence-electron chi connectivity index (χ4n) is 2.18. The molecule has 4 nitrogen and oxygen atoms in total. The largest absolute Gasteiger partial charge is 0.465 e. The molecule has 0 bridgehead atoms. The maximum Gasteiger partial charge on any atom is 0.310 e. The molecule has 0 unspecified atom stereocenters. The van der Waals surface area contributed by atoms with Crippen LogP contribution in [-0.2, 0) is 19.1 Å². The van der Waals surface area contributed by atoms with Crippen LogP contribution in [0, 0.1) is 11.8 Å². The molecule has 0 amide bonds. The second-order valence-electron chi connectivity index (χ2n) is 5.20. The SMILES string of the molecule is CCCCOC(=O)[C@@H]1CC=CC[C@H]1C(=O)OCCCC. The first kappa shape index (κ1) is 16.7. The molecular formula is C16H26O4. The summed E-state index contributed by atoms with van der Waals surface area (Å²) >= 11 is 0. The Morgan fingerprint density at radius 1 is 0.900 bits per heavy atom. The highest BCUT2D eigenvalue weighted by Gasteiger charge is 2.36. The summed E-state index contributed by atoms with van der Waals surface area (Å²) in [5.74, 6) is -1.29. The van der Waals surface area contributed by atoms with Crippen LogP contribution >= 0.6 is 0 Å². The second kappa shape index (κ2) is 9.56. The third-order valence-electron chi connectivity index (χ3n) is 3.52. The predicted octanol–water partition coefficient (Wildman–Crippen LogP) is 3.26. The van der Waals surface area contributed by atoms with Crippen molar-refractivity contribution in [2.75, 3.05) is 13.2 Å². The second-order valence-corrected chi connectivity index (χ2v) is 5.20. The minimum Gasteiger partial charge on any atom is -0.465 e. The van der Waals surface area contributed by atoms with Crippen LogP contribution in [0.3, 0.4) is 0 Å². The quantitative estimate of drug-likeness (QED) is 0.389. The number of carbonyl (C=O) groups is 2. The Balaban J connectivity index is 2.51. The summed E-state index contributed by atoms with van der Waals surface area (Å²) in [5.41, 5.74) is 0. The van der Waals surface area contributed by atoms with Crippen LogP contribution in [0.1, 0.15) is 52.4 Å². The number of unbranched alkanes of at least 4 members (excludes halogenated alkanes) is 2. The molecular weight excluding hydrogens is 256 g/mol. The first-order valence-corrected chi connectivity index (χ1v) is 7.69. The fraction of sp³-hybridized carbons (Fsp3) is 0.750. The van der Waals surface area contributed by atoms with Gasteiger partial charge < -0.3 is 9.47 Å². The first-order chi connectivity index (χ1) is 9.70. The minimum atomic E-state index is -0.383. The van der Waals surface area contributed by atoms with E-state index in [1.807, 2.05) is 26.0 Å². The topological polar surface area (TPSA) is 52.6 Å². The summed E-state index contributed by atoms with van der Waals surface area (Å²) < 4.78 is 10.5. The van der Waals surface area contributed by atoms with Crippen molar-refractivity contribution in [1.82, 2.24) is 0 Å². The van der Waals surface area contributed by atoms with Crippen LogP contribution < -0.4 is 0 Å². The molecule has 0 heterocycles.